The van der Waals surface area contributed by atoms with Crippen LogP contribution in [0.25, 0.3) is 0 Å². The molecular formula is C14H16N2O4. The van der Waals surface area contributed by atoms with E-state index in [1.807, 2.05) is 6.92 Å². The third-order valence-corrected chi connectivity index (χ3v) is 2.69. The first-order chi connectivity index (χ1) is 9.54. The van der Waals surface area contributed by atoms with E-state index in [1.165, 1.54) is 30.2 Å². The van der Waals surface area contributed by atoms with E-state index >= 15 is 0 Å². The van der Waals surface area contributed by atoms with Gasteiger partial charge in [0, 0.05) is 18.2 Å². The second-order valence-electron chi connectivity index (χ2n) is 4.07. The van der Waals surface area contributed by atoms with Crippen LogP contribution in [0.15, 0.2) is 18.2 Å². The van der Waals surface area contributed by atoms with Gasteiger partial charge in [-0.15, -0.1) is 6.42 Å². The van der Waals surface area contributed by atoms with Crippen molar-refractivity contribution in [2.75, 3.05) is 20.2 Å². The maximum atomic E-state index is 12.3. The van der Waals surface area contributed by atoms with Gasteiger partial charge in [0.25, 0.3) is 5.91 Å². The summed E-state index contributed by atoms with van der Waals surface area (Å²) in [5.74, 6) is 2.20. The molecule has 0 aliphatic rings. The first kappa shape index (κ1) is 15.5. The lowest BCUT2D eigenvalue weighted by Gasteiger charge is -2.19. The number of carbonyl (C=O) groups excluding carboxylic acids is 1. The average Bonchev–Trinajstić information content (AvgIpc) is 2.45. The van der Waals surface area contributed by atoms with Crippen molar-refractivity contribution in [3.8, 4) is 18.1 Å². The van der Waals surface area contributed by atoms with Crippen LogP contribution in [0.1, 0.15) is 23.7 Å². The predicted molar refractivity (Wildman–Crippen MR) is 74.7 cm³/mol. The van der Waals surface area contributed by atoms with Crippen LogP contribution in [-0.2, 0) is 0 Å². The first-order valence-corrected chi connectivity index (χ1v) is 6.10. The van der Waals surface area contributed by atoms with E-state index in [-0.39, 0.29) is 29.5 Å². The highest BCUT2D eigenvalue weighted by molar-refractivity contribution is 5.95. The molecule has 0 bridgehead atoms. The van der Waals surface area contributed by atoms with Gasteiger partial charge in [-0.1, -0.05) is 12.8 Å². The number of terminal acetylenes is 1. The van der Waals surface area contributed by atoms with Crippen molar-refractivity contribution in [3.63, 3.8) is 0 Å². The Kier molecular flexibility index (Phi) is 5.54. The highest BCUT2D eigenvalue weighted by atomic mass is 16.6. The number of hydrogen-bond acceptors (Lipinski definition) is 4. The summed E-state index contributed by atoms with van der Waals surface area (Å²) in [4.78, 5) is 24.1. The molecule has 106 valence electrons. The molecule has 1 aromatic carbocycles. The Balaban J connectivity index is 3.12. The number of methoxy groups -OCH3 is 1. The van der Waals surface area contributed by atoms with E-state index in [1.54, 1.807) is 0 Å². The van der Waals surface area contributed by atoms with Crippen molar-refractivity contribution in [2.24, 2.45) is 0 Å². The summed E-state index contributed by atoms with van der Waals surface area (Å²) >= 11 is 0. The molecule has 20 heavy (non-hydrogen) atoms. The van der Waals surface area contributed by atoms with E-state index in [9.17, 15) is 14.9 Å². The molecule has 0 atom stereocenters. The van der Waals surface area contributed by atoms with Crippen molar-refractivity contribution in [1.29, 1.82) is 0 Å². The minimum absolute atomic E-state index is 0.116. The molecule has 0 heterocycles. The summed E-state index contributed by atoms with van der Waals surface area (Å²) in [6.07, 6.45) is 5.98. The number of nitro groups is 1. The zero-order chi connectivity index (χ0) is 15.1. The lowest BCUT2D eigenvalue weighted by Crippen LogP contribution is -2.32. The van der Waals surface area contributed by atoms with Gasteiger partial charge in [-0.05, 0) is 18.6 Å². The van der Waals surface area contributed by atoms with Crippen LogP contribution in [0.4, 0.5) is 5.69 Å². The van der Waals surface area contributed by atoms with Gasteiger partial charge in [0.2, 0.25) is 0 Å². The normalized spacial score (nSPS) is 9.65. The molecule has 0 saturated heterocycles. The van der Waals surface area contributed by atoms with Crippen LogP contribution < -0.4 is 4.74 Å². The van der Waals surface area contributed by atoms with Crippen molar-refractivity contribution >= 4 is 11.6 Å². The Bertz CT molecular complexity index is 549. The molecule has 0 unspecified atom stereocenters. The molecule has 1 aromatic rings. The number of carbonyl (C=O) groups is 1. The van der Waals surface area contributed by atoms with Crippen molar-refractivity contribution in [2.45, 2.75) is 13.3 Å². The zero-order valence-electron chi connectivity index (χ0n) is 11.5. The average molecular weight is 276 g/mol. The molecule has 0 saturated carbocycles. The van der Waals surface area contributed by atoms with E-state index in [0.717, 1.165) is 6.42 Å². The molecule has 1 rings (SSSR count). The van der Waals surface area contributed by atoms with Crippen LogP contribution in [0.2, 0.25) is 0 Å². The van der Waals surface area contributed by atoms with Gasteiger partial charge in [-0.2, -0.15) is 0 Å². The molecule has 0 radical (unpaired) electrons. The number of nitrogens with zero attached hydrogens (tertiary/aromatic N) is 2. The maximum Gasteiger partial charge on any atom is 0.311 e. The Morgan fingerprint density at radius 2 is 2.25 bits per heavy atom. The summed E-state index contributed by atoms with van der Waals surface area (Å²) in [5, 5.41) is 10.9. The Morgan fingerprint density at radius 1 is 1.55 bits per heavy atom. The molecule has 6 heteroatoms. The third kappa shape index (κ3) is 3.48. The van der Waals surface area contributed by atoms with Crippen LogP contribution in [-0.4, -0.2) is 35.9 Å². The zero-order valence-corrected chi connectivity index (χ0v) is 11.5. The Labute approximate surface area is 117 Å². The second-order valence-corrected chi connectivity index (χ2v) is 4.07. The number of nitro benzene ring substituents is 1. The maximum absolute atomic E-state index is 12.3. The molecule has 0 spiro atoms. The summed E-state index contributed by atoms with van der Waals surface area (Å²) in [7, 11) is 1.34. The molecular weight excluding hydrogens is 260 g/mol. The second kappa shape index (κ2) is 7.14. The quantitative estimate of drug-likeness (QED) is 0.453. The highest BCUT2D eigenvalue weighted by Gasteiger charge is 2.20. The Morgan fingerprint density at radius 3 is 2.75 bits per heavy atom. The van der Waals surface area contributed by atoms with Gasteiger partial charge < -0.3 is 9.64 Å². The molecule has 0 aliphatic carbocycles. The number of hydrogen-bond donors (Lipinski definition) is 0. The van der Waals surface area contributed by atoms with Crippen LogP contribution in [0.5, 0.6) is 5.75 Å². The van der Waals surface area contributed by atoms with Crippen LogP contribution in [0, 0.1) is 22.5 Å². The molecule has 0 aromatic heterocycles. The van der Waals surface area contributed by atoms with Gasteiger partial charge in [0.15, 0.2) is 5.75 Å². The van der Waals surface area contributed by atoms with Crippen molar-refractivity contribution in [1.82, 2.24) is 4.90 Å². The largest absolute Gasteiger partial charge is 0.490 e. The number of rotatable bonds is 6. The standard InChI is InChI=1S/C14H16N2O4/c1-4-8-15(9-5-2)14(17)11-6-7-13(20-3)12(10-11)16(18)19/h1,6-7,10H,5,8-9H2,2-3H3. The van der Waals surface area contributed by atoms with Crippen molar-refractivity contribution in [3.05, 3.63) is 33.9 Å². The smallest absolute Gasteiger partial charge is 0.311 e. The fraction of sp³-hybridized carbons (Fsp3) is 0.357. The first-order valence-electron chi connectivity index (χ1n) is 6.10. The van der Waals surface area contributed by atoms with E-state index in [2.05, 4.69) is 5.92 Å². The topological polar surface area (TPSA) is 72.7 Å². The summed E-state index contributed by atoms with van der Waals surface area (Å²) in [6.45, 7) is 2.60. The van der Waals surface area contributed by atoms with Gasteiger partial charge in [-0.25, -0.2) is 0 Å². The fourth-order valence-electron chi connectivity index (χ4n) is 1.78. The number of benzene rings is 1. The number of ether oxygens (including phenoxy) is 1. The summed E-state index contributed by atoms with van der Waals surface area (Å²) in [5.41, 5.74) is -0.0169. The molecule has 0 aliphatic heterocycles. The molecule has 1 amide bonds. The summed E-state index contributed by atoms with van der Waals surface area (Å²) in [6, 6.07) is 4.11. The fourth-order valence-corrected chi connectivity index (χ4v) is 1.78. The molecule has 0 N–H and O–H groups in total. The predicted octanol–water partition coefficient (Wildman–Crippen LogP) is 2.09. The SMILES string of the molecule is C#CCN(CCC)C(=O)c1ccc(OC)c([N+](=O)[O-])c1. The van der Waals surface area contributed by atoms with E-state index in [0.29, 0.717) is 6.54 Å². The third-order valence-electron chi connectivity index (χ3n) is 2.69. The van der Waals surface area contributed by atoms with Crippen molar-refractivity contribution < 1.29 is 14.5 Å². The monoisotopic (exact) mass is 276 g/mol. The minimum atomic E-state index is -0.582. The highest BCUT2D eigenvalue weighted by Crippen LogP contribution is 2.28. The van der Waals surface area contributed by atoms with Crippen LogP contribution >= 0.6 is 0 Å². The Hall–Kier alpha value is -2.55. The van der Waals surface area contributed by atoms with Gasteiger partial charge >= 0.3 is 5.69 Å². The molecule has 0 fully saturated rings. The lowest BCUT2D eigenvalue weighted by atomic mass is 10.1. The van der Waals surface area contributed by atoms with E-state index in [4.69, 9.17) is 11.2 Å². The van der Waals surface area contributed by atoms with Gasteiger partial charge in [-0.3, -0.25) is 14.9 Å². The van der Waals surface area contributed by atoms with Gasteiger partial charge in [0.05, 0.1) is 18.6 Å². The minimum Gasteiger partial charge on any atom is -0.490 e. The van der Waals surface area contributed by atoms with Crippen LogP contribution in [0.3, 0.4) is 0 Å². The number of amides is 1. The molecule has 6 nitrogen and oxygen atoms in total. The lowest BCUT2D eigenvalue weighted by molar-refractivity contribution is -0.385. The van der Waals surface area contributed by atoms with E-state index < -0.39 is 4.92 Å². The summed E-state index contributed by atoms with van der Waals surface area (Å²) < 4.78 is 4.90. The van der Waals surface area contributed by atoms with Gasteiger partial charge in [0.1, 0.15) is 0 Å².